The van der Waals surface area contributed by atoms with Crippen LogP contribution in [-0.4, -0.2) is 51.4 Å². The molecule has 1 unspecified atom stereocenters. The lowest BCUT2D eigenvalue weighted by atomic mass is 10.2. The quantitative estimate of drug-likeness (QED) is 0.489. The molecule has 1 aromatic carbocycles. The second-order valence-electron chi connectivity index (χ2n) is 4.15. The first-order chi connectivity index (χ1) is 9.22. The van der Waals surface area contributed by atoms with Crippen LogP contribution in [0.1, 0.15) is 5.56 Å². The van der Waals surface area contributed by atoms with Crippen molar-refractivity contribution in [2.75, 3.05) is 40.1 Å². The number of aryl methyl sites for hydroxylation is 1. The van der Waals surface area contributed by atoms with Crippen LogP contribution in [-0.2, 0) is 9.47 Å². The number of ether oxygens (including phenoxy) is 3. The maximum Gasteiger partial charge on any atom is 0.128 e. The molecule has 5 nitrogen and oxygen atoms in total. The predicted octanol–water partition coefficient (Wildman–Crippen LogP) is 0.945. The zero-order valence-corrected chi connectivity index (χ0v) is 11.6. The highest BCUT2D eigenvalue weighted by Crippen LogP contribution is 2.10. The van der Waals surface area contributed by atoms with Crippen LogP contribution in [0, 0.1) is 6.92 Å². The van der Waals surface area contributed by atoms with Gasteiger partial charge >= 0.3 is 0 Å². The van der Waals surface area contributed by atoms with E-state index in [0.29, 0.717) is 26.4 Å². The molecule has 5 heteroatoms. The van der Waals surface area contributed by atoms with Crippen LogP contribution in [0.3, 0.4) is 0 Å². The summed E-state index contributed by atoms with van der Waals surface area (Å²) in [7, 11) is 1.67. The van der Waals surface area contributed by atoms with Gasteiger partial charge in [-0.1, -0.05) is 17.7 Å². The Morgan fingerprint density at radius 1 is 1.05 bits per heavy atom. The molecule has 0 aromatic heterocycles. The second kappa shape index (κ2) is 9.75. The molecule has 1 rings (SSSR count). The Labute approximate surface area is 114 Å². The van der Waals surface area contributed by atoms with Gasteiger partial charge in [-0.25, -0.2) is 0 Å². The standard InChI is InChI=1S/C14H23NO4/c1-12-3-5-13(6-4-12)19-10-9-17-7-8-18-11-14(16)15-2/h3-6,14-16H,7-11H2,1-2H3. The van der Waals surface area contributed by atoms with Crippen molar-refractivity contribution in [2.24, 2.45) is 0 Å². The monoisotopic (exact) mass is 269 g/mol. The molecule has 0 radical (unpaired) electrons. The number of hydrogen-bond donors (Lipinski definition) is 2. The van der Waals surface area contributed by atoms with E-state index in [4.69, 9.17) is 19.3 Å². The Morgan fingerprint density at radius 3 is 2.37 bits per heavy atom. The third-order valence-electron chi connectivity index (χ3n) is 2.50. The van der Waals surface area contributed by atoms with Crippen molar-refractivity contribution in [3.63, 3.8) is 0 Å². The van der Waals surface area contributed by atoms with E-state index >= 15 is 0 Å². The zero-order chi connectivity index (χ0) is 13.9. The summed E-state index contributed by atoms with van der Waals surface area (Å²) < 4.78 is 16.0. The van der Waals surface area contributed by atoms with Gasteiger partial charge < -0.3 is 19.3 Å². The average Bonchev–Trinajstić information content (AvgIpc) is 2.43. The van der Waals surface area contributed by atoms with Crippen LogP contribution in [0.25, 0.3) is 0 Å². The Kier molecular flexibility index (Phi) is 8.16. The third-order valence-corrected chi connectivity index (χ3v) is 2.50. The Hall–Kier alpha value is -1.14. The molecule has 0 bridgehead atoms. The lowest BCUT2D eigenvalue weighted by Gasteiger charge is -2.10. The molecule has 0 aliphatic carbocycles. The molecule has 0 fully saturated rings. The Morgan fingerprint density at radius 2 is 1.68 bits per heavy atom. The molecule has 1 atom stereocenters. The number of aliphatic hydroxyl groups excluding tert-OH is 1. The van der Waals surface area contributed by atoms with Crippen LogP contribution in [0.2, 0.25) is 0 Å². The number of aliphatic hydroxyl groups is 1. The summed E-state index contributed by atoms with van der Waals surface area (Å²) in [6.07, 6.45) is -0.620. The van der Waals surface area contributed by atoms with E-state index in [1.54, 1.807) is 7.05 Å². The molecular weight excluding hydrogens is 246 g/mol. The van der Waals surface area contributed by atoms with E-state index in [1.165, 1.54) is 5.56 Å². The maximum absolute atomic E-state index is 9.15. The fourth-order valence-electron chi connectivity index (χ4n) is 1.35. The molecule has 1 aromatic rings. The fraction of sp³-hybridized carbons (Fsp3) is 0.571. The molecular formula is C14H23NO4. The van der Waals surface area contributed by atoms with Crippen LogP contribution in [0.15, 0.2) is 24.3 Å². The molecule has 19 heavy (non-hydrogen) atoms. The first-order valence-corrected chi connectivity index (χ1v) is 6.42. The average molecular weight is 269 g/mol. The summed E-state index contributed by atoms with van der Waals surface area (Å²) in [5.41, 5.74) is 1.21. The van der Waals surface area contributed by atoms with Crippen molar-refractivity contribution in [3.8, 4) is 5.75 Å². The molecule has 0 aliphatic heterocycles. The topological polar surface area (TPSA) is 60.0 Å². The zero-order valence-electron chi connectivity index (χ0n) is 11.6. The predicted molar refractivity (Wildman–Crippen MR) is 73.4 cm³/mol. The fourth-order valence-corrected chi connectivity index (χ4v) is 1.35. The van der Waals surface area contributed by atoms with Crippen molar-refractivity contribution in [3.05, 3.63) is 29.8 Å². The molecule has 0 heterocycles. The highest BCUT2D eigenvalue weighted by molar-refractivity contribution is 5.26. The van der Waals surface area contributed by atoms with Gasteiger partial charge in [0.1, 0.15) is 18.6 Å². The Balaban J connectivity index is 1.92. The lowest BCUT2D eigenvalue weighted by Crippen LogP contribution is -2.30. The van der Waals surface area contributed by atoms with Gasteiger partial charge in [-0.05, 0) is 26.1 Å². The van der Waals surface area contributed by atoms with Crippen LogP contribution in [0.5, 0.6) is 5.75 Å². The smallest absolute Gasteiger partial charge is 0.128 e. The number of nitrogens with one attached hydrogen (secondary N) is 1. The summed E-state index contributed by atoms with van der Waals surface area (Å²) in [6.45, 7) is 4.29. The van der Waals surface area contributed by atoms with E-state index in [1.807, 2.05) is 31.2 Å². The molecule has 2 N–H and O–H groups in total. The molecule has 0 saturated heterocycles. The molecule has 0 aliphatic rings. The van der Waals surface area contributed by atoms with Crippen molar-refractivity contribution >= 4 is 0 Å². The summed E-state index contributed by atoms with van der Waals surface area (Å²) in [5, 5.41) is 11.8. The third kappa shape index (κ3) is 7.79. The second-order valence-corrected chi connectivity index (χ2v) is 4.15. The van der Waals surface area contributed by atoms with Gasteiger partial charge in [0, 0.05) is 0 Å². The van der Waals surface area contributed by atoms with Gasteiger partial charge in [0.15, 0.2) is 0 Å². The number of rotatable bonds is 10. The summed E-state index contributed by atoms with van der Waals surface area (Å²) in [4.78, 5) is 0. The number of benzene rings is 1. The van der Waals surface area contributed by atoms with Crippen LogP contribution in [0.4, 0.5) is 0 Å². The van der Waals surface area contributed by atoms with E-state index in [0.717, 1.165) is 5.75 Å². The van der Waals surface area contributed by atoms with Gasteiger partial charge in [-0.3, -0.25) is 5.32 Å². The van der Waals surface area contributed by atoms with Gasteiger partial charge in [0.2, 0.25) is 0 Å². The van der Waals surface area contributed by atoms with Crippen molar-refractivity contribution in [1.82, 2.24) is 5.32 Å². The normalized spacial score (nSPS) is 12.4. The minimum atomic E-state index is -0.620. The maximum atomic E-state index is 9.15. The highest BCUT2D eigenvalue weighted by Gasteiger charge is 1.98. The van der Waals surface area contributed by atoms with Gasteiger partial charge in [-0.2, -0.15) is 0 Å². The molecule has 108 valence electrons. The molecule has 0 amide bonds. The van der Waals surface area contributed by atoms with Crippen molar-refractivity contribution < 1.29 is 19.3 Å². The number of hydrogen-bond acceptors (Lipinski definition) is 5. The SMILES string of the molecule is CNC(O)COCCOCCOc1ccc(C)cc1. The summed E-state index contributed by atoms with van der Waals surface area (Å²) in [6, 6.07) is 7.91. The first-order valence-electron chi connectivity index (χ1n) is 6.42. The minimum Gasteiger partial charge on any atom is -0.491 e. The Bertz CT molecular complexity index is 329. The lowest BCUT2D eigenvalue weighted by molar-refractivity contribution is -0.00828. The summed E-state index contributed by atoms with van der Waals surface area (Å²) >= 11 is 0. The van der Waals surface area contributed by atoms with E-state index in [2.05, 4.69) is 5.32 Å². The van der Waals surface area contributed by atoms with Crippen LogP contribution < -0.4 is 10.1 Å². The minimum absolute atomic E-state index is 0.264. The summed E-state index contributed by atoms with van der Waals surface area (Å²) in [5.74, 6) is 0.850. The number of likely N-dealkylation sites (N-methyl/N-ethyl adjacent to an activating group) is 1. The van der Waals surface area contributed by atoms with E-state index < -0.39 is 6.23 Å². The first kappa shape index (κ1) is 15.9. The highest BCUT2D eigenvalue weighted by atomic mass is 16.5. The van der Waals surface area contributed by atoms with Crippen molar-refractivity contribution in [1.29, 1.82) is 0 Å². The van der Waals surface area contributed by atoms with Crippen molar-refractivity contribution in [2.45, 2.75) is 13.2 Å². The van der Waals surface area contributed by atoms with Crippen LogP contribution >= 0.6 is 0 Å². The molecule has 0 saturated carbocycles. The van der Waals surface area contributed by atoms with E-state index in [9.17, 15) is 0 Å². The van der Waals surface area contributed by atoms with Gasteiger partial charge in [0.05, 0.1) is 26.4 Å². The largest absolute Gasteiger partial charge is 0.491 e. The van der Waals surface area contributed by atoms with E-state index in [-0.39, 0.29) is 6.61 Å². The van der Waals surface area contributed by atoms with Gasteiger partial charge in [-0.15, -0.1) is 0 Å². The van der Waals surface area contributed by atoms with Gasteiger partial charge in [0.25, 0.3) is 0 Å². The molecule has 0 spiro atoms.